The zero-order valence-corrected chi connectivity index (χ0v) is 17.2. The first kappa shape index (κ1) is 22.4. The maximum Gasteiger partial charge on any atom is 0.223 e. The normalized spacial score (nSPS) is 14.9. The molecule has 1 aromatic rings. The summed E-state index contributed by atoms with van der Waals surface area (Å²) < 4.78 is 5.81. The summed E-state index contributed by atoms with van der Waals surface area (Å²) in [5.74, 6) is 1.18. The highest BCUT2D eigenvalue weighted by molar-refractivity contribution is 5.96. The van der Waals surface area contributed by atoms with Gasteiger partial charge in [0.05, 0.1) is 6.61 Å². The highest BCUT2D eigenvalue weighted by atomic mass is 16.5. The van der Waals surface area contributed by atoms with Gasteiger partial charge in [-0.3, -0.25) is 14.5 Å². The number of hydrogen-bond acceptors (Lipinski definition) is 5. The number of Topliss-reactive ketones (excluding diaryl/α,β-unsaturated/α-hetero) is 1. The van der Waals surface area contributed by atoms with Crippen molar-refractivity contribution >= 4 is 11.7 Å². The minimum absolute atomic E-state index is 0.165. The lowest BCUT2D eigenvalue weighted by Crippen LogP contribution is -2.49. The quantitative estimate of drug-likeness (QED) is 0.439. The number of ketones is 1. The van der Waals surface area contributed by atoms with Crippen LogP contribution in [0.1, 0.15) is 55.8 Å². The average Bonchev–Trinajstić information content (AvgIpc) is 2.72. The Kier molecular flexibility index (Phi) is 10.0. The van der Waals surface area contributed by atoms with Crippen LogP contribution < -0.4 is 10.5 Å². The van der Waals surface area contributed by atoms with Crippen molar-refractivity contribution in [3.8, 4) is 5.75 Å². The van der Waals surface area contributed by atoms with Gasteiger partial charge in [0.15, 0.2) is 5.78 Å². The molecule has 0 radical (unpaired) electrons. The number of hydrogen-bond donors (Lipinski definition) is 1. The summed E-state index contributed by atoms with van der Waals surface area (Å²) in [7, 11) is 0. The van der Waals surface area contributed by atoms with E-state index in [0.29, 0.717) is 26.0 Å². The van der Waals surface area contributed by atoms with Crippen LogP contribution in [-0.4, -0.2) is 67.4 Å². The fourth-order valence-corrected chi connectivity index (χ4v) is 3.40. The minimum Gasteiger partial charge on any atom is -0.494 e. The minimum atomic E-state index is 0.165. The van der Waals surface area contributed by atoms with E-state index in [4.69, 9.17) is 10.5 Å². The van der Waals surface area contributed by atoms with Gasteiger partial charge in [-0.05, 0) is 37.1 Å². The summed E-state index contributed by atoms with van der Waals surface area (Å²) in [4.78, 5) is 28.2. The zero-order valence-electron chi connectivity index (χ0n) is 17.2. The summed E-state index contributed by atoms with van der Waals surface area (Å²) in [6.07, 6.45) is 5.20. The van der Waals surface area contributed by atoms with E-state index in [1.807, 2.05) is 29.2 Å². The second kappa shape index (κ2) is 12.5. The summed E-state index contributed by atoms with van der Waals surface area (Å²) in [5.41, 5.74) is 6.22. The van der Waals surface area contributed by atoms with Gasteiger partial charge in [0.1, 0.15) is 5.75 Å². The molecular formula is C22H35N3O3. The van der Waals surface area contributed by atoms with Gasteiger partial charge in [-0.15, -0.1) is 0 Å². The van der Waals surface area contributed by atoms with Gasteiger partial charge in [0.25, 0.3) is 0 Å². The van der Waals surface area contributed by atoms with Crippen LogP contribution in [-0.2, 0) is 4.79 Å². The molecule has 0 saturated carbocycles. The number of amides is 1. The molecule has 1 fully saturated rings. The third-order valence-corrected chi connectivity index (χ3v) is 5.15. The third-order valence-electron chi connectivity index (χ3n) is 5.15. The first-order valence-corrected chi connectivity index (χ1v) is 10.6. The highest BCUT2D eigenvalue weighted by Crippen LogP contribution is 2.15. The number of piperazine rings is 1. The predicted molar refractivity (Wildman–Crippen MR) is 112 cm³/mol. The lowest BCUT2D eigenvalue weighted by atomic mass is 10.0. The van der Waals surface area contributed by atoms with Crippen molar-refractivity contribution in [2.75, 3.05) is 45.9 Å². The van der Waals surface area contributed by atoms with Gasteiger partial charge >= 0.3 is 0 Å². The molecule has 1 amide bonds. The second-order valence-electron chi connectivity index (χ2n) is 7.37. The van der Waals surface area contributed by atoms with Crippen LogP contribution in [0.4, 0.5) is 0 Å². The number of rotatable bonds is 12. The highest BCUT2D eigenvalue weighted by Gasteiger charge is 2.19. The first-order chi connectivity index (χ1) is 13.6. The lowest BCUT2D eigenvalue weighted by Gasteiger charge is -2.34. The molecule has 156 valence electrons. The summed E-state index contributed by atoms with van der Waals surface area (Å²) in [6, 6.07) is 7.49. The molecule has 1 saturated heterocycles. The molecule has 1 heterocycles. The molecule has 1 aliphatic heterocycles. The van der Waals surface area contributed by atoms with Gasteiger partial charge in [0.2, 0.25) is 5.91 Å². The van der Waals surface area contributed by atoms with Crippen molar-refractivity contribution in [3.63, 3.8) is 0 Å². The van der Waals surface area contributed by atoms with Crippen molar-refractivity contribution in [1.29, 1.82) is 0 Å². The smallest absolute Gasteiger partial charge is 0.223 e. The fourth-order valence-electron chi connectivity index (χ4n) is 3.40. The Bertz CT molecular complexity index is 596. The van der Waals surface area contributed by atoms with Crippen LogP contribution in [0, 0.1) is 0 Å². The predicted octanol–water partition coefficient (Wildman–Crippen LogP) is 2.71. The zero-order chi connectivity index (χ0) is 20.2. The van der Waals surface area contributed by atoms with Gasteiger partial charge in [-0.1, -0.05) is 19.8 Å². The van der Waals surface area contributed by atoms with Gasteiger partial charge in [-0.25, -0.2) is 0 Å². The summed E-state index contributed by atoms with van der Waals surface area (Å²) in [6.45, 7) is 7.56. The van der Waals surface area contributed by atoms with Gasteiger partial charge < -0.3 is 15.4 Å². The van der Waals surface area contributed by atoms with Crippen molar-refractivity contribution < 1.29 is 14.3 Å². The first-order valence-electron chi connectivity index (χ1n) is 10.6. The standard InChI is InChI=1S/C22H35N3O3/c1-2-3-4-6-21(26)19-7-9-20(10-8-19)28-18-5-13-24-14-16-25(17-15-24)22(27)11-12-23/h7-10H,2-6,11-18,23H2,1H3. The van der Waals surface area contributed by atoms with Crippen LogP contribution in [0.5, 0.6) is 5.75 Å². The van der Waals surface area contributed by atoms with E-state index in [9.17, 15) is 9.59 Å². The Morgan fingerprint density at radius 2 is 1.71 bits per heavy atom. The topological polar surface area (TPSA) is 75.9 Å². The third kappa shape index (κ3) is 7.60. The molecule has 0 aromatic heterocycles. The van der Waals surface area contributed by atoms with E-state index in [-0.39, 0.29) is 11.7 Å². The number of ether oxygens (including phenoxy) is 1. The summed E-state index contributed by atoms with van der Waals surface area (Å²) in [5, 5.41) is 0. The van der Waals surface area contributed by atoms with E-state index in [1.165, 1.54) is 0 Å². The van der Waals surface area contributed by atoms with E-state index in [0.717, 1.165) is 69.7 Å². The van der Waals surface area contributed by atoms with Gasteiger partial charge in [-0.2, -0.15) is 0 Å². The average molecular weight is 390 g/mol. The molecule has 0 unspecified atom stereocenters. The van der Waals surface area contributed by atoms with Crippen molar-refractivity contribution in [3.05, 3.63) is 29.8 Å². The van der Waals surface area contributed by atoms with Crippen molar-refractivity contribution in [2.24, 2.45) is 5.73 Å². The molecular weight excluding hydrogens is 354 g/mol. The van der Waals surface area contributed by atoms with Crippen LogP contribution in [0.15, 0.2) is 24.3 Å². The molecule has 6 heteroatoms. The van der Waals surface area contributed by atoms with Crippen LogP contribution in [0.25, 0.3) is 0 Å². The number of benzene rings is 1. The van der Waals surface area contributed by atoms with E-state index in [1.54, 1.807) is 0 Å². The Morgan fingerprint density at radius 1 is 1.00 bits per heavy atom. The Morgan fingerprint density at radius 3 is 2.36 bits per heavy atom. The Hall–Kier alpha value is -1.92. The number of carbonyl (C=O) groups excluding carboxylic acids is 2. The maximum atomic E-state index is 12.1. The summed E-state index contributed by atoms with van der Waals surface area (Å²) >= 11 is 0. The van der Waals surface area contributed by atoms with Gasteiger partial charge in [0, 0.05) is 57.7 Å². The molecule has 1 aliphatic rings. The molecule has 6 nitrogen and oxygen atoms in total. The SMILES string of the molecule is CCCCCC(=O)c1ccc(OCCCN2CCN(C(=O)CCN)CC2)cc1. The van der Waals surface area contributed by atoms with E-state index >= 15 is 0 Å². The largest absolute Gasteiger partial charge is 0.494 e. The van der Waals surface area contributed by atoms with Crippen molar-refractivity contribution in [1.82, 2.24) is 9.80 Å². The van der Waals surface area contributed by atoms with Crippen LogP contribution >= 0.6 is 0 Å². The molecule has 2 rings (SSSR count). The second-order valence-corrected chi connectivity index (χ2v) is 7.37. The monoisotopic (exact) mass is 389 g/mol. The number of carbonyl (C=O) groups is 2. The molecule has 1 aromatic carbocycles. The number of nitrogens with zero attached hydrogens (tertiary/aromatic N) is 2. The van der Waals surface area contributed by atoms with Crippen LogP contribution in [0.2, 0.25) is 0 Å². The van der Waals surface area contributed by atoms with E-state index < -0.39 is 0 Å². The Labute approximate surface area is 169 Å². The molecule has 28 heavy (non-hydrogen) atoms. The van der Waals surface area contributed by atoms with Crippen LogP contribution in [0.3, 0.4) is 0 Å². The number of unbranched alkanes of at least 4 members (excludes halogenated alkanes) is 2. The number of nitrogens with two attached hydrogens (primary N) is 1. The Balaban J connectivity index is 1.61. The molecule has 0 spiro atoms. The molecule has 0 bridgehead atoms. The maximum absolute atomic E-state index is 12.1. The molecule has 2 N–H and O–H groups in total. The molecule has 0 atom stereocenters. The van der Waals surface area contributed by atoms with Crippen molar-refractivity contribution in [2.45, 2.75) is 45.4 Å². The fraction of sp³-hybridized carbons (Fsp3) is 0.636. The lowest BCUT2D eigenvalue weighted by molar-refractivity contribution is -0.132. The molecule has 0 aliphatic carbocycles. The van der Waals surface area contributed by atoms with E-state index in [2.05, 4.69) is 11.8 Å².